The molecule has 0 radical (unpaired) electrons. The number of anilines is 1. The largest absolute Gasteiger partial charge is 0.364 e. The number of fused-ring (bicyclic) bond motifs is 1. The summed E-state index contributed by atoms with van der Waals surface area (Å²) in [6, 6.07) is 0. The molecule has 0 aliphatic rings. The first kappa shape index (κ1) is 8.93. The Labute approximate surface area is 82.0 Å². The van der Waals surface area contributed by atoms with Crippen molar-refractivity contribution in [1.29, 1.82) is 0 Å². The normalized spacial score (nSPS) is 11.9. The molecule has 0 spiro atoms. The second-order valence-corrected chi connectivity index (χ2v) is 4.20. The van der Waals surface area contributed by atoms with Gasteiger partial charge in [0.15, 0.2) is 11.5 Å². The summed E-state index contributed by atoms with van der Waals surface area (Å²) in [4.78, 5) is 15.3. The van der Waals surface area contributed by atoms with Crippen LogP contribution in [-0.4, -0.2) is 25.5 Å². The Morgan fingerprint density at radius 2 is 2.00 bits per heavy atom. The van der Waals surface area contributed by atoms with Crippen LogP contribution in [0.4, 0.5) is 5.82 Å². The van der Waals surface area contributed by atoms with E-state index in [4.69, 9.17) is 0 Å². The average molecular weight is 191 g/mol. The number of H-pyrrole nitrogens is 1. The Balaban J connectivity index is 2.46. The molecule has 0 aliphatic heterocycles. The molecule has 0 atom stereocenters. The van der Waals surface area contributed by atoms with Gasteiger partial charge >= 0.3 is 0 Å². The highest BCUT2D eigenvalue weighted by molar-refractivity contribution is 5.82. The smallest absolute Gasteiger partial charge is 0.182 e. The number of imidazole rings is 1. The highest BCUT2D eigenvalue weighted by Gasteiger charge is 2.13. The van der Waals surface area contributed by atoms with Gasteiger partial charge in [-0.25, -0.2) is 15.0 Å². The minimum Gasteiger partial charge on any atom is -0.364 e. The SMILES string of the molecule is CC(C)(C)Nc1ncnc2nc[nH]c12. The molecule has 0 bridgehead atoms. The van der Waals surface area contributed by atoms with Crippen molar-refractivity contribution in [3.05, 3.63) is 12.7 Å². The van der Waals surface area contributed by atoms with Crippen molar-refractivity contribution in [2.45, 2.75) is 26.3 Å². The Bertz CT molecular complexity index is 440. The molecule has 0 saturated carbocycles. The summed E-state index contributed by atoms with van der Waals surface area (Å²) in [5, 5.41) is 3.29. The molecular formula is C9H13N5. The minimum atomic E-state index is -0.0214. The molecule has 2 rings (SSSR count). The molecule has 0 aromatic carbocycles. The van der Waals surface area contributed by atoms with Crippen molar-refractivity contribution in [3.63, 3.8) is 0 Å². The van der Waals surface area contributed by atoms with Crippen molar-refractivity contribution >= 4 is 17.0 Å². The second-order valence-electron chi connectivity index (χ2n) is 4.20. The van der Waals surface area contributed by atoms with Crippen LogP contribution in [0, 0.1) is 0 Å². The summed E-state index contributed by atoms with van der Waals surface area (Å²) in [7, 11) is 0. The summed E-state index contributed by atoms with van der Waals surface area (Å²) < 4.78 is 0. The fourth-order valence-corrected chi connectivity index (χ4v) is 1.22. The molecule has 0 unspecified atom stereocenters. The van der Waals surface area contributed by atoms with Gasteiger partial charge in [-0.15, -0.1) is 0 Å². The van der Waals surface area contributed by atoms with E-state index in [9.17, 15) is 0 Å². The van der Waals surface area contributed by atoms with Gasteiger partial charge in [0, 0.05) is 5.54 Å². The van der Waals surface area contributed by atoms with E-state index in [1.165, 1.54) is 6.33 Å². The molecule has 2 aromatic rings. The maximum atomic E-state index is 4.17. The van der Waals surface area contributed by atoms with Crippen molar-refractivity contribution < 1.29 is 0 Å². The van der Waals surface area contributed by atoms with Crippen LogP contribution in [0.15, 0.2) is 12.7 Å². The quantitative estimate of drug-likeness (QED) is 0.718. The number of nitrogens with one attached hydrogen (secondary N) is 2. The maximum Gasteiger partial charge on any atom is 0.182 e. The van der Waals surface area contributed by atoms with Gasteiger partial charge < -0.3 is 10.3 Å². The predicted molar refractivity (Wildman–Crippen MR) is 55.1 cm³/mol. The van der Waals surface area contributed by atoms with Crippen molar-refractivity contribution in [2.24, 2.45) is 0 Å². The monoisotopic (exact) mass is 191 g/mol. The molecule has 0 amide bonds. The van der Waals surface area contributed by atoms with Crippen LogP contribution in [0.5, 0.6) is 0 Å². The topological polar surface area (TPSA) is 66.5 Å². The van der Waals surface area contributed by atoms with Crippen LogP contribution >= 0.6 is 0 Å². The molecule has 2 aromatic heterocycles. The lowest BCUT2D eigenvalue weighted by Gasteiger charge is -2.21. The standard InChI is InChI=1S/C9H13N5/c1-9(2,3)14-8-6-7(11-4-10-6)12-5-13-8/h4-5H,1-3H3,(H2,10,11,12,13,14). The van der Waals surface area contributed by atoms with Crippen LogP contribution in [0.2, 0.25) is 0 Å². The van der Waals surface area contributed by atoms with Gasteiger partial charge in [0.1, 0.15) is 11.8 Å². The molecular weight excluding hydrogens is 178 g/mol. The Morgan fingerprint density at radius 3 is 2.71 bits per heavy atom. The minimum absolute atomic E-state index is 0.0214. The zero-order chi connectivity index (χ0) is 10.2. The zero-order valence-electron chi connectivity index (χ0n) is 8.50. The van der Waals surface area contributed by atoms with Crippen LogP contribution < -0.4 is 5.32 Å². The van der Waals surface area contributed by atoms with Gasteiger partial charge in [-0.1, -0.05) is 0 Å². The summed E-state index contributed by atoms with van der Waals surface area (Å²) in [6.45, 7) is 6.24. The second kappa shape index (κ2) is 2.94. The highest BCUT2D eigenvalue weighted by atomic mass is 15.1. The number of hydrogen-bond acceptors (Lipinski definition) is 4. The third-order valence-electron chi connectivity index (χ3n) is 1.72. The van der Waals surface area contributed by atoms with Gasteiger partial charge in [-0.3, -0.25) is 0 Å². The van der Waals surface area contributed by atoms with E-state index >= 15 is 0 Å². The van der Waals surface area contributed by atoms with Gasteiger partial charge in [-0.2, -0.15) is 0 Å². The number of rotatable bonds is 1. The van der Waals surface area contributed by atoms with E-state index in [-0.39, 0.29) is 5.54 Å². The molecule has 74 valence electrons. The van der Waals surface area contributed by atoms with E-state index in [1.54, 1.807) is 6.33 Å². The van der Waals surface area contributed by atoms with Gasteiger partial charge in [0.05, 0.1) is 6.33 Å². The first-order valence-electron chi connectivity index (χ1n) is 4.48. The van der Waals surface area contributed by atoms with Crippen molar-refractivity contribution in [2.75, 3.05) is 5.32 Å². The van der Waals surface area contributed by atoms with Crippen molar-refractivity contribution in [1.82, 2.24) is 19.9 Å². The number of aromatic nitrogens is 4. The van der Waals surface area contributed by atoms with E-state index in [1.807, 2.05) is 0 Å². The molecule has 5 nitrogen and oxygen atoms in total. The summed E-state index contributed by atoms with van der Waals surface area (Å²) in [6.07, 6.45) is 3.13. The van der Waals surface area contributed by atoms with E-state index in [0.29, 0.717) is 5.65 Å². The van der Waals surface area contributed by atoms with Gasteiger partial charge in [-0.05, 0) is 20.8 Å². The van der Waals surface area contributed by atoms with Crippen LogP contribution in [0.25, 0.3) is 11.2 Å². The van der Waals surface area contributed by atoms with Gasteiger partial charge in [0.25, 0.3) is 0 Å². The lowest BCUT2D eigenvalue weighted by molar-refractivity contribution is 0.631. The van der Waals surface area contributed by atoms with Crippen molar-refractivity contribution in [3.8, 4) is 0 Å². The van der Waals surface area contributed by atoms with Gasteiger partial charge in [0.2, 0.25) is 0 Å². The molecule has 2 N–H and O–H groups in total. The fraction of sp³-hybridized carbons (Fsp3) is 0.444. The predicted octanol–water partition coefficient (Wildman–Crippen LogP) is 1.56. The number of nitrogens with zero attached hydrogens (tertiary/aromatic N) is 3. The first-order chi connectivity index (χ1) is 6.56. The molecule has 0 fully saturated rings. The van der Waals surface area contributed by atoms with Crippen LogP contribution in [0.3, 0.4) is 0 Å². The molecule has 0 aliphatic carbocycles. The molecule has 2 heterocycles. The van der Waals surface area contributed by atoms with E-state index in [0.717, 1.165) is 11.3 Å². The third kappa shape index (κ3) is 1.66. The molecule has 5 heteroatoms. The fourth-order valence-electron chi connectivity index (χ4n) is 1.22. The summed E-state index contributed by atoms with van der Waals surface area (Å²) >= 11 is 0. The average Bonchev–Trinajstić information content (AvgIpc) is 2.49. The number of hydrogen-bond donors (Lipinski definition) is 2. The zero-order valence-corrected chi connectivity index (χ0v) is 8.50. The maximum absolute atomic E-state index is 4.17. The number of aromatic amines is 1. The lowest BCUT2D eigenvalue weighted by Crippen LogP contribution is -2.26. The summed E-state index contributed by atoms with van der Waals surface area (Å²) in [5.41, 5.74) is 1.51. The molecule has 14 heavy (non-hydrogen) atoms. The van der Waals surface area contributed by atoms with Crippen LogP contribution in [-0.2, 0) is 0 Å². The highest BCUT2D eigenvalue weighted by Crippen LogP contribution is 2.18. The summed E-state index contributed by atoms with van der Waals surface area (Å²) in [5.74, 6) is 0.792. The lowest BCUT2D eigenvalue weighted by atomic mass is 10.1. The Hall–Kier alpha value is -1.65. The first-order valence-corrected chi connectivity index (χ1v) is 4.48. The van der Waals surface area contributed by atoms with E-state index in [2.05, 4.69) is 46.0 Å². The third-order valence-corrected chi connectivity index (χ3v) is 1.72. The Morgan fingerprint density at radius 1 is 1.21 bits per heavy atom. The molecule has 0 saturated heterocycles. The van der Waals surface area contributed by atoms with Crippen LogP contribution in [0.1, 0.15) is 20.8 Å². The van der Waals surface area contributed by atoms with E-state index < -0.39 is 0 Å². The Kier molecular flexibility index (Phi) is 1.87.